The molecule has 1 amide bonds. The van der Waals surface area contributed by atoms with Crippen LogP contribution in [-0.4, -0.2) is 33.2 Å². The third-order valence-electron chi connectivity index (χ3n) is 5.22. The molecule has 0 spiro atoms. The minimum atomic E-state index is -3.89. The lowest BCUT2D eigenvalue weighted by atomic mass is 10.1. The molecule has 0 radical (unpaired) electrons. The molecule has 3 aromatic rings. The highest BCUT2D eigenvalue weighted by molar-refractivity contribution is 7.98. The van der Waals surface area contributed by atoms with Crippen LogP contribution in [0.4, 0.5) is 11.4 Å². The van der Waals surface area contributed by atoms with Crippen molar-refractivity contribution in [2.24, 2.45) is 0 Å². The Hall–Kier alpha value is -2.97. The van der Waals surface area contributed by atoms with Crippen LogP contribution in [0.1, 0.15) is 11.1 Å². The van der Waals surface area contributed by atoms with Crippen LogP contribution in [0.15, 0.2) is 76.5 Å². The molecule has 6 nitrogen and oxygen atoms in total. The smallest absolute Gasteiger partial charge is 0.267 e. The second kappa shape index (κ2) is 8.88. The van der Waals surface area contributed by atoms with Crippen molar-refractivity contribution >= 4 is 39.1 Å². The summed E-state index contributed by atoms with van der Waals surface area (Å²) in [7, 11) is -3.89. The van der Waals surface area contributed by atoms with Gasteiger partial charge in [0.25, 0.3) is 15.9 Å². The van der Waals surface area contributed by atoms with E-state index in [-0.39, 0.29) is 11.4 Å². The molecule has 0 saturated heterocycles. The van der Waals surface area contributed by atoms with Gasteiger partial charge in [-0.2, -0.15) is 0 Å². The zero-order valence-electron chi connectivity index (χ0n) is 18.0. The fourth-order valence-electron chi connectivity index (χ4n) is 3.49. The first-order chi connectivity index (χ1) is 15.3. The Morgan fingerprint density at radius 1 is 1.03 bits per heavy atom. The van der Waals surface area contributed by atoms with Crippen molar-refractivity contribution < 1.29 is 17.9 Å². The predicted octanol–water partition coefficient (Wildman–Crippen LogP) is 4.62. The third-order valence-corrected chi connectivity index (χ3v) is 7.74. The molecule has 3 aromatic carbocycles. The second-order valence-corrected chi connectivity index (χ2v) is 10.4. The van der Waals surface area contributed by atoms with Crippen molar-refractivity contribution in [2.45, 2.75) is 29.7 Å². The highest BCUT2D eigenvalue weighted by Gasteiger charge is 2.37. The van der Waals surface area contributed by atoms with E-state index >= 15 is 0 Å². The number of hydrogen-bond donors (Lipinski definition) is 1. The molecule has 8 heteroatoms. The first kappa shape index (κ1) is 22.2. The van der Waals surface area contributed by atoms with Crippen molar-refractivity contribution in [1.82, 2.24) is 0 Å². The molecule has 1 atom stereocenters. The number of ether oxygens (including phenoxy) is 1. The Kier molecular flexibility index (Phi) is 6.17. The van der Waals surface area contributed by atoms with E-state index < -0.39 is 22.0 Å². The maximum atomic E-state index is 13.5. The summed E-state index contributed by atoms with van der Waals surface area (Å²) in [5.41, 5.74) is 2.92. The quantitative estimate of drug-likeness (QED) is 0.553. The minimum Gasteiger partial charge on any atom is -0.476 e. The normalized spacial score (nSPS) is 15.6. The first-order valence-corrected chi connectivity index (χ1v) is 12.8. The number of nitrogens with zero attached hydrogens (tertiary/aromatic N) is 1. The molecule has 1 aliphatic rings. The Balaban J connectivity index is 1.68. The number of anilines is 2. The number of carbonyl (C=O) groups is 1. The van der Waals surface area contributed by atoms with Crippen molar-refractivity contribution in [2.75, 3.05) is 22.4 Å². The summed E-state index contributed by atoms with van der Waals surface area (Å²) < 4.78 is 34.2. The van der Waals surface area contributed by atoms with Crippen LogP contribution in [-0.2, 0) is 14.8 Å². The number of amides is 1. The van der Waals surface area contributed by atoms with Gasteiger partial charge in [0.1, 0.15) is 5.75 Å². The van der Waals surface area contributed by atoms with Gasteiger partial charge >= 0.3 is 0 Å². The number of rotatable bonds is 5. The molecule has 1 heterocycles. The summed E-state index contributed by atoms with van der Waals surface area (Å²) in [6, 6.07) is 19.4. The Morgan fingerprint density at radius 2 is 1.75 bits per heavy atom. The van der Waals surface area contributed by atoms with Gasteiger partial charge in [0, 0.05) is 10.6 Å². The van der Waals surface area contributed by atoms with Gasteiger partial charge in [0.2, 0.25) is 0 Å². The molecular weight excluding hydrogens is 444 g/mol. The first-order valence-electron chi connectivity index (χ1n) is 10.1. The molecular formula is C24H24N2O4S2. The summed E-state index contributed by atoms with van der Waals surface area (Å²) in [6.45, 7) is 3.66. The summed E-state index contributed by atoms with van der Waals surface area (Å²) in [5.74, 6) is -0.0471. The number of nitrogens with one attached hydrogen (secondary N) is 1. The molecule has 4 rings (SSSR count). The van der Waals surface area contributed by atoms with Crippen LogP contribution in [0.5, 0.6) is 5.75 Å². The minimum absolute atomic E-state index is 0.124. The van der Waals surface area contributed by atoms with E-state index in [4.69, 9.17) is 4.74 Å². The maximum absolute atomic E-state index is 13.5. The average molecular weight is 469 g/mol. The van der Waals surface area contributed by atoms with Crippen molar-refractivity contribution in [1.29, 1.82) is 0 Å². The molecule has 166 valence electrons. The number of carbonyl (C=O) groups excluding carboxylic acids is 1. The molecule has 1 aliphatic heterocycles. The van der Waals surface area contributed by atoms with E-state index in [2.05, 4.69) is 5.32 Å². The van der Waals surface area contributed by atoms with Crippen molar-refractivity contribution in [3.8, 4) is 5.75 Å². The van der Waals surface area contributed by atoms with E-state index in [1.54, 1.807) is 54.2 Å². The van der Waals surface area contributed by atoms with E-state index in [9.17, 15) is 13.2 Å². The van der Waals surface area contributed by atoms with E-state index in [1.165, 1.54) is 4.31 Å². The molecule has 0 aromatic heterocycles. The number of sulfonamides is 1. The predicted molar refractivity (Wildman–Crippen MR) is 128 cm³/mol. The third kappa shape index (κ3) is 4.47. The van der Waals surface area contributed by atoms with Crippen LogP contribution in [0.3, 0.4) is 0 Å². The van der Waals surface area contributed by atoms with E-state index in [0.29, 0.717) is 17.1 Å². The number of thioether (sulfide) groups is 1. The van der Waals surface area contributed by atoms with Crippen LogP contribution in [0.2, 0.25) is 0 Å². The number of benzene rings is 3. The van der Waals surface area contributed by atoms with Crippen LogP contribution in [0, 0.1) is 13.8 Å². The van der Waals surface area contributed by atoms with Gasteiger partial charge in [0.05, 0.1) is 17.1 Å². The van der Waals surface area contributed by atoms with Crippen LogP contribution < -0.4 is 14.4 Å². The lowest BCUT2D eigenvalue weighted by molar-refractivity contribution is -0.122. The number of aryl methyl sites for hydroxylation is 2. The fraction of sp³-hybridized carbons (Fsp3) is 0.208. The average Bonchev–Trinajstić information content (AvgIpc) is 2.78. The topological polar surface area (TPSA) is 75.7 Å². The van der Waals surface area contributed by atoms with Crippen LogP contribution >= 0.6 is 11.8 Å². The Bertz CT molecular complexity index is 1260. The van der Waals surface area contributed by atoms with Gasteiger partial charge < -0.3 is 10.1 Å². The molecule has 0 fully saturated rings. The zero-order valence-corrected chi connectivity index (χ0v) is 19.7. The Morgan fingerprint density at radius 3 is 2.47 bits per heavy atom. The zero-order chi connectivity index (χ0) is 22.9. The van der Waals surface area contributed by atoms with E-state index in [0.717, 1.165) is 16.0 Å². The maximum Gasteiger partial charge on any atom is 0.267 e. The summed E-state index contributed by atoms with van der Waals surface area (Å²) in [6.07, 6.45) is 0.959. The number of fused-ring (bicyclic) bond motifs is 1. The van der Waals surface area contributed by atoms with Gasteiger partial charge in [-0.15, -0.1) is 11.8 Å². The standard InChI is InChI=1S/C24H24N2O4S2/c1-16-7-10-20(11-8-16)32(28,29)26-15-23(30-22-12-9-17(2)13-21(22)26)24(27)25-18-5-4-6-19(14-18)31-3/h4-14,23H,15H2,1-3H3,(H,25,27)/t23-/m1/s1. The van der Waals surface area contributed by atoms with Gasteiger partial charge in [-0.05, 0) is 68.1 Å². The van der Waals surface area contributed by atoms with Crippen molar-refractivity contribution in [3.63, 3.8) is 0 Å². The second-order valence-electron chi connectivity index (χ2n) is 7.65. The van der Waals surface area contributed by atoms with Crippen molar-refractivity contribution in [3.05, 3.63) is 77.9 Å². The molecule has 0 saturated carbocycles. The molecule has 0 aliphatic carbocycles. The van der Waals surface area contributed by atoms with Gasteiger partial charge in [-0.1, -0.05) is 29.8 Å². The molecule has 32 heavy (non-hydrogen) atoms. The van der Waals surface area contributed by atoms with Crippen LogP contribution in [0.25, 0.3) is 0 Å². The monoisotopic (exact) mass is 468 g/mol. The number of hydrogen-bond acceptors (Lipinski definition) is 5. The van der Waals surface area contributed by atoms with E-state index in [1.807, 2.05) is 44.4 Å². The molecule has 1 N–H and O–H groups in total. The summed E-state index contributed by atoms with van der Waals surface area (Å²) >= 11 is 1.57. The lowest BCUT2D eigenvalue weighted by Gasteiger charge is -2.35. The van der Waals surface area contributed by atoms with Gasteiger partial charge in [-0.3, -0.25) is 9.10 Å². The lowest BCUT2D eigenvalue weighted by Crippen LogP contribution is -2.48. The van der Waals surface area contributed by atoms with Gasteiger partial charge in [-0.25, -0.2) is 8.42 Å². The summed E-state index contributed by atoms with van der Waals surface area (Å²) in [5, 5.41) is 2.85. The highest BCUT2D eigenvalue weighted by atomic mass is 32.2. The Labute approximate surface area is 192 Å². The molecule has 0 bridgehead atoms. The SMILES string of the molecule is CSc1cccc(NC(=O)[C@H]2CN(S(=O)(=O)c3ccc(C)cc3)c3cc(C)ccc3O2)c1. The highest BCUT2D eigenvalue weighted by Crippen LogP contribution is 2.38. The van der Waals surface area contributed by atoms with Gasteiger partial charge in [0.15, 0.2) is 6.10 Å². The summed E-state index contributed by atoms with van der Waals surface area (Å²) in [4.78, 5) is 14.2. The largest absolute Gasteiger partial charge is 0.476 e. The molecule has 0 unspecified atom stereocenters. The fourth-order valence-corrected chi connectivity index (χ4v) is 5.41.